The lowest BCUT2D eigenvalue weighted by Crippen LogP contribution is -2.57. The molecule has 9 atom stereocenters. The minimum atomic E-state index is -0.842. The Hall–Kier alpha value is -3.12. The highest BCUT2D eigenvalue weighted by Crippen LogP contribution is 2.73. The van der Waals surface area contributed by atoms with Crippen LogP contribution in [0, 0.1) is 39.4 Å². The maximum absolute atomic E-state index is 11.1. The van der Waals surface area contributed by atoms with Gasteiger partial charge in [-0.1, -0.05) is 107 Å². The molecule has 2 saturated carbocycles. The molecule has 1 aliphatic heterocycles. The van der Waals surface area contributed by atoms with Gasteiger partial charge in [0.1, 0.15) is 17.1 Å². The molecular formula is C51H68O5. The molecule has 3 fully saturated rings. The molecule has 1 N–H and O–H groups in total. The topological polar surface area (TPSA) is 57.2 Å². The number of hydrogen-bond acceptors (Lipinski definition) is 5. The second kappa shape index (κ2) is 14.0. The number of hydrogen-bond donors (Lipinski definition) is 1. The van der Waals surface area contributed by atoms with Gasteiger partial charge in [0.05, 0.1) is 38.1 Å². The van der Waals surface area contributed by atoms with E-state index in [0.717, 1.165) is 66.7 Å². The number of fused-ring (bicyclic) bond motifs is 6. The maximum atomic E-state index is 11.1. The zero-order valence-electron chi connectivity index (χ0n) is 35.9. The van der Waals surface area contributed by atoms with E-state index in [-0.39, 0.29) is 40.0 Å². The molecule has 0 amide bonds. The van der Waals surface area contributed by atoms with Crippen molar-refractivity contribution in [1.82, 2.24) is 0 Å². The first-order valence-electron chi connectivity index (χ1n) is 21.7. The van der Waals surface area contributed by atoms with E-state index in [4.69, 9.17) is 18.9 Å². The van der Waals surface area contributed by atoms with E-state index in [1.807, 2.05) is 13.8 Å². The second-order valence-corrected chi connectivity index (χ2v) is 20.3. The summed E-state index contributed by atoms with van der Waals surface area (Å²) >= 11 is 0. The molecule has 5 heteroatoms. The SMILES string of the molecule is COc1ccc(C(O[C@@H]2CC[C@]3(C)C4=C(CC[C@H]3C2(C)C)[C@]2(C)C[C@@H]3O[C@@H](C(C)(C)O)CC[C@@H](C)[C@@H]3[C@@]2(C)CC4)(c2ccccc2)c2ccc(OC)cc2)cc1. The zero-order valence-corrected chi connectivity index (χ0v) is 35.9. The Bertz CT molecular complexity index is 1860. The fourth-order valence-corrected chi connectivity index (χ4v) is 13.7. The molecule has 0 unspecified atom stereocenters. The highest BCUT2D eigenvalue weighted by Gasteiger charge is 2.67. The van der Waals surface area contributed by atoms with Gasteiger partial charge in [-0.15, -0.1) is 0 Å². The predicted molar refractivity (Wildman–Crippen MR) is 225 cm³/mol. The van der Waals surface area contributed by atoms with E-state index in [1.165, 1.54) is 19.3 Å². The predicted octanol–water partition coefficient (Wildman–Crippen LogP) is 11.7. The van der Waals surface area contributed by atoms with Crippen LogP contribution < -0.4 is 9.47 Å². The first-order chi connectivity index (χ1) is 26.5. The van der Waals surface area contributed by atoms with Crippen LogP contribution in [-0.4, -0.2) is 43.2 Å². The van der Waals surface area contributed by atoms with Gasteiger partial charge < -0.3 is 24.1 Å². The molecule has 302 valence electrons. The van der Waals surface area contributed by atoms with Gasteiger partial charge in [-0.05, 0) is 152 Å². The third-order valence-corrected chi connectivity index (χ3v) is 16.8. The van der Waals surface area contributed by atoms with Crippen LogP contribution in [0.1, 0.15) is 130 Å². The number of allylic oxidation sites excluding steroid dienone is 2. The molecule has 5 nitrogen and oxygen atoms in total. The first-order valence-corrected chi connectivity index (χ1v) is 21.7. The highest BCUT2D eigenvalue weighted by molar-refractivity contribution is 5.50. The Morgan fingerprint density at radius 3 is 1.86 bits per heavy atom. The summed E-state index contributed by atoms with van der Waals surface area (Å²) < 4.78 is 26.2. The Kier molecular flexibility index (Phi) is 9.94. The van der Waals surface area contributed by atoms with Crippen LogP contribution in [0.4, 0.5) is 0 Å². The van der Waals surface area contributed by atoms with Crippen LogP contribution in [0.2, 0.25) is 0 Å². The van der Waals surface area contributed by atoms with E-state index >= 15 is 0 Å². The summed E-state index contributed by atoms with van der Waals surface area (Å²) in [6, 6.07) is 27.8. The molecule has 0 aromatic heterocycles. The molecule has 0 spiro atoms. The Morgan fingerprint density at radius 2 is 1.29 bits per heavy atom. The van der Waals surface area contributed by atoms with Crippen LogP contribution in [0.5, 0.6) is 11.5 Å². The van der Waals surface area contributed by atoms with Gasteiger partial charge in [-0.25, -0.2) is 0 Å². The fourth-order valence-electron chi connectivity index (χ4n) is 13.7. The lowest BCUT2D eigenvalue weighted by Gasteiger charge is -2.63. The number of benzene rings is 3. The Morgan fingerprint density at radius 1 is 0.696 bits per heavy atom. The molecule has 0 bridgehead atoms. The van der Waals surface area contributed by atoms with Gasteiger partial charge in [0.2, 0.25) is 0 Å². The number of rotatable bonds is 8. The van der Waals surface area contributed by atoms with Crippen LogP contribution in [0.15, 0.2) is 90.0 Å². The van der Waals surface area contributed by atoms with E-state index in [2.05, 4.69) is 120 Å². The normalized spacial score (nSPS) is 35.4. The minimum Gasteiger partial charge on any atom is -0.497 e. The van der Waals surface area contributed by atoms with Crippen molar-refractivity contribution >= 4 is 0 Å². The van der Waals surface area contributed by atoms with Crippen LogP contribution in [-0.2, 0) is 15.1 Å². The number of ether oxygens (including phenoxy) is 4. The monoisotopic (exact) mass is 761 g/mol. The average Bonchev–Trinajstić information content (AvgIpc) is 3.28. The quantitative estimate of drug-likeness (QED) is 0.183. The first kappa shape index (κ1) is 39.7. The number of methoxy groups -OCH3 is 2. The van der Waals surface area contributed by atoms with Gasteiger partial charge in [-0.3, -0.25) is 0 Å². The van der Waals surface area contributed by atoms with Crippen molar-refractivity contribution < 1.29 is 24.1 Å². The van der Waals surface area contributed by atoms with E-state index in [0.29, 0.717) is 17.8 Å². The molecule has 8 rings (SSSR count). The summed E-state index contributed by atoms with van der Waals surface area (Å²) in [6.45, 7) is 19.2. The summed E-state index contributed by atoms with van der Waals surface area (Å²) in [4.78, 5) is 0. The third kappa shape index (κ3) is 5.95. The summed E-state index contributed by atoms with van der Waals surface area (Å²) in [6.07, 6.45) is 10.1. The van der Waals surface area contributed by atoms with Crippen molar-refractivity contribution in [1.29, 1.82) is 0 Å². The van der Waals surface area contributed by atoms with Gasteiger partial charge in [0.15, 0.2) is 0 Å². The molecular weight excluding hydrogens is 693 g/mol. The molecule has 1 heterocycles. The van der Waals surface area contributed by atoms with Gasteiger partial charge >= 0.3 is 0 Å². The largest absolute Gasteiger partial charge is 0.497 e. The zero-order chi connectivity index (χ0) is 39.9. The van der Waals surface area contributed by atoms with Gasteiger partial charge in [-0.2, -0.15) is 0 Å². The number of aliphatic hydroxyl groups is 1. The third-order valence-electron chi connectivity index (χ3n) is 16.8. The van der Waals surface area contributed by atoms with Crippen molar-refractivity contribution in [3.63, 3.8) is 0 Å². The van der Waals surface area contributed by atoms with Crippen molar-refractivity contribution in [3.05, 3.63) is 107 Å². The molecule has 4 aliphatic carbocycles. The lowest BCUT2D eigenvalue weighted by atomic mass is 9.43. The van der Waals surface area contributed by atoms with Gasteiger partial charge in [0, 0.05) is 0 Å². The molecule has 56 heavy (non-hydrogen) atoms. The van der Waals surface area contributed by atoms with Crippen LogP contribution in [0.3, 0.4) is 0 Å². The van der Waals surface area contributed by atoms with Crippen LogP contribution in [0.25, 0.3) is 0 Å². The molecule has 3 aromatic carbocycles. The highest BCUT2D eigenvalue weighted by atomic mass is 16.5. The Balaban J connectivity index is 1.17. The molecule has 1 saturated heterocycles. The van der Waals surface area contributed by atoms with Crippen molar-refractivity contribution in [3.8, 4) is 11.5 Å². The minimum absolute atomic E-state index is 0.0164. The summed E-state index contributed by atoms with van der Waals surface area (Å²) in [5, 5.41) is 11.1. The maximum Gasteiger partial charge on any atom is 0.144 e. The van der Waals surface area contributed by atoms with Crippen molar-refractivity contribution in [2.75, 3.05) is 14.2 Å². The summed E-state index contributed by atoms with van der Waals surface area (Å²) in [5.41, 5.74) is 5.47. The van der Waals surface area contributed by atoms with E-state index in [9.17, 15) is 5.11 Å². The van der Waals surface area contributed by atoms with Crippen molar-refractivity contribution in [2.45, 2.75) is 143 Å². The van der Waals surface area contributed by atoms with Crippen LogP contribution >= 0.6 is 0 Å². The standard InChI is InChI=1S/C51H68O5/c1-33-16-27-44(47(4,5)52)55-41-32-50(8)40-25-26-42-46(2,3)43(29-30-48(42,6)39(40)28-31-49(50,7)45(33)41)56-51(34-14-12-11-13-15-34,35-17-21-37(53-9)22-18-35)36-19-23-38(54-10)24-20-36/h11-15,17-24,33,41-45,52H,16,25-32H2,1-10H3/t33-,41+,42+,43-,44-,45+,48-,49-,50+/m1/s1. The molecule has 0 radical (unpaired) electrons. The summed E-state index contributed by atoms with van der Waals surface area (Å²) in [7, 11) is 3.45. The van der Waals surface area contributed by atoms with E-state index in [1.54, 1.807) is 25.4 Å². The fraction of sp³-hybridized carbons (Fsp3) is 0.608. The molecule has 3 aromatic rings. The molecule has 5 aliphatic rings. The van der Waals surface area contributed by atoms with Crippen molar-refractivity contribution in [2.24, 2.45) is 39.4 Å². The average molecular weight is 761 g/mol. The lowest BCUT2D eigenvalue weighted by molar-refractivity contribution is -0.165. The summed E-state index contributed by atoms with van der Waals surface area (Å²) in [5.74, 6) is 3.25. The Labute approximate surface area is 337 Å². The smallest absolute Gasteiger partial charge is 0.144 e. The van der Waals surface area contributed by atoms with E-state index < -0.39 is 11.2 Å². The second-order valence-electron chi connectivity index (χ2n) is 20.3. The van der Waals surface area contributed by atoms with Gasteiger partial charge in [0.25, 0.3) is 0 Å².